The highest BCUT2D eigenvalue weighted by atomic mass is 35.5. The Morgan fingerprint density at radius 2 is 1.41 bits per heavy atom. The van der Waals surface area contributed by atoms with Crippen LogP contribution in [0.4, 0.5) is 13.2 Å². The van der Waals surface area contributed by atoms with E-state index in [4.69, 9.17) is 25.8 Å². The maximum absolute atomic E-state index is 12.6. The van der Waals surface area contributed by atoms with Crippen LogP contribution < -0.4 is 9.47 Å². The summed E-state index contributed by atoms with van der Waals surface area (Å²) >= 11 is 5.84. The fraction of sp³-hybridized carbons (Fsp3) is 0.208. The molecule has 0 fully saturated rings. The van der Waals surface area contributed by atoms with Crippen molar-refractivity contribution in [2.24, 2.45) is 0 Å². The molecule has 0 amide bonds. The van der Waals surface area contributed by atoms with Crippen LogP contribution >= 0.6 is 11.6 Å². The first-order valence-corrected chi connectivity index (χ1v) is 10.1. The van der Waals surface area contributed by atoms with Gasteiger partial charge in [-0.2, -0.15) is 13.2 Å². The van der Waals surface area contributed by atoms with Gasteiger partial charge in [0, 0.05) is 11.4 Å². The number of hydrogen-bond acceptors (Lipinski definition) is 4. The summed E-state index contributed by atoms with van der Waals surface area (Å²) in [7, 11) is 0. The molecule has 0 N–H and O–H groups in total. The number of halogens is 4. The van der Waals surface area contributed by atoms with Crippen molar-refractivity contribution in [2.45, 2.75) is 25.6 Å². The number of ether oxygens (including phenoxy) is 3. The summed E-state index contributed by atoms with van der Waals surface area (Å²) in [5.41, 5.74) is 0.252. The van der Waals surface area contributed by atoms with E-state index in [1.165, 1.54) is 12.1 Å². The van der Waals surface area contributed by atoms with E-state index in [0.29, 0.717) is 22.9 Å². The Balaban J connectivity index is 1.46. The molecule has 0 bridgehead atoms. The summed E-state index contributed by atoms with van der Waals surface area (Å²) in [5.74, 6) is 0.607. The fourth-order valence-electron chi connectivity index (χ4n) is 2.72. The Morgan fingerprint density at radius 1 is 0.875 bits per heavy atom. The van der Waals surface area contributed by atoms with Crippen LogP contribution in [-0.4, -0.2) is 18.7 Å². The number of rotatable bonds is 8. The van der Waals surface area contributed by atoms with Gasteiger partial charge >= 0.3 is 12.1 Å². The monoisotopic (exact) mass is 464 g/mol. The molecule has 32 heavy (non-hydrogen) atoms. The molecule has 0 saturated heterocycles. The molecule has 0 aromatic heterocycles. The van der Waals surface area contributed by atoms with Crippen LogP contribution in [-0.2, 0) is 22.1 Å². The number of carbonyl (C=O) groups excluding carboxylic acids is 1. The van der Waals surface area contributed by atoms with Gasteiger partial charge in [0.05, 0.1) is 12.2 Å². The molecule has 0 aliphatic carbocycles. The maximum Gasteiger partial charge on any atom is 0.416 e. The van der Waals surface area contributed by atoms with Crippen LogP contribution in [0.5, 0.6) is 17.2 Å². The predicted molar refractivity (Wildman–Crippen MR) is 114 cm³/mol. The predicted octanol–water partition coefficient (Wildman–Crippen LogP) is 6.70. The van der Waals surface area contributed by atoms with Crippen molar-refractivity contribution >= 4 is 17.6 Å². The SMILES string of the molecule is C[C@@H](Oc1ccc(Oc2ccc(C(F)(F)F)cc2)cc1)C(=O)OCCc1ccc(Cl)cc1. The molecule has 168 valence electrons. The molecule has 3 aromatic rings. The molecular weight excluding hydrogens is 445 g/mol. The van der Waals surface area contributed by atoms with Crippen molar-refractivity contribution in [3.8, 4) is 17.2 Å². The van der Waals surface area contributed by atoms with E-state index in [1.54, 1.807) is 43.3 Å². The van der Waals surface area contributed by atoms with Gasteiger partial charge in [-0.15, -0.1) is 0 Å². The molecule has 1 atom stereocenters. The fourth-order valence-corrected chi connectivity index (χ4v) is 2.85. The second-order valence-electron chi connectivity index (χ2n) is 6.90. The van der Waals surface area contributed by atoms with Gasteiger partial charge in [-0.1, -0.05) is 23.7 Å². The second-order valence-corrected chi connectivity index (χ2v) is 7.34. The highest BCUT2D eigenvalue weighted by Crippen LogP contribution is 2.31. The summed E-state index contributed by atoms with van der Waals surface area (Å²) in [6.45, 7) is 1.80. The van der Waals surface area contributed by atoms with Crippen molar-refractivity contribution in [2.75, 3.05) is 6.61 Å². The zero-order chi connectivity index (χ0) is 23.1. The number of carbonyl (C=O) groups is 1. The average Bonchev–Trinajstić information content (AvgIpc) is 2.76. The summed E-state index contributed by atoms with van der Waals surface area (Å²) in [4.78, 5) is 12.1. The minimum absolute atomic E-state index is 0.216. The Kier molecular flexibility index (Phi) is 7.64. The summed E-state index contributed by atoms with van der Waals surface area (Å²) in [6, 6.07) is 18.0. The molecule has 0 heterocycles. The minimum atomic E-state index is -4.40. The highest BCUT2D eigenvalue weighted by Gasteiger charge is 2.30. The van der Waals surface area contributed by atoms with Gasteiger partial charge in [0.15, 0.2) is 6.10 Å². The lowest BCUT2D eigenvalue weighted by molar-refractivity contribution is -0.151. The number of benzene rings is 3. The molecule has 4 nitrogen and oxygen atoms in total. The Bertz CT molecular complexity index is 1020. The molecule has 8 heteroatoms. The molecule has 0 radical (unpaired) electrons. The largest absolute Gasteiger partial charge is 0.479 e. The van der Waals surface area contributed by atoms with Gasteiger partial charge in [0.1, 0.15) is 17.2 Å². The molecule has 3 rings (SSSR count). The maximum atomic E-state index is 12.6. The van der Waals surface area contributed by atoms with Gasteiger partial charge in [-0.25, -0.2) is 4.79 Å². The minimum Gasteiger partial charge on any atom is -0.479 e. The third-order valence-electron chi connectivity index (χ3n) is 4.43. The molecule has 0 aliphatic rings. The van der Waals surface area contributed by atoms with Crippen LogP contribution in [0.2, 0.25) is 5.02 Å². The van der Waals surface area contributed by atoms with E-state index < -0.39 is 23.8 Å². The lowest BCUT2D eigenvalue weighted by atomic mass is 10.2. The van der Waals surface area contributed by atoms with Gasteiger partial charge in [0.25, 0.3) is 0 Å². The van der Waals surface area contributed by atoms with E-state index in [0.717, 1.165) is 17.7 Å². The van der Waals surface area contributed by atoms with Gasteiger partial charge in [0.2, 0.25) is 0 Å². The number of esters is 1. The normalized spacial score (nSPS) is 12.2. The molecular formula is C24H20ClF3O4. The Labute approximate surface area is 188 Å². The second kappa shape index (κ2) is 10.4. The summed E-state index contributed by atoms with van der Waals surface area (Å²) < 4.78 is 54.2. The van der Waals surface area contributed by atoms with Crippen LogP contribution in [0.15, 0.2) is 72.8 Å². The molecule has 0 aliphatic heterocycles. The average molecular weight is 465 g/mol. The quantitative estimate of drug-likeness (QED) is 0.348. The molecule has 0 unspecified atom stereocenters. The van der Waals surface area contributed by atoms with E-state index in [-0.39, 0.29) is 12.4 Å². The topological polar surface area (TPSA) is 44.8 Å². The standard InChI is InChI=1S/C24H20ClF3O4/c1-16(23(29)30-15-14-17-2-6-19(25)7-3-17)31-20-10-12-22(13-11-20)32-21-8-4-18(5-9-21)24(26,27)28/h2-13,16H,14-15H2,1H3/t16-/m1/s1. The van der Waals surface area contributed by atoms with Crippen molar-refractivity contribution in [3.63, 3.8) is 0 Å². The van der Waals surface area contributed by atoms with Crippen molar-refractivity contribution < 1.29 is 32.2 Å². The summed E-state index contributed by atoms with van der Waals surface area (Å²) in [5, 5.41) is 0.642. The smallest absolute Gasteiger partial charge is 0.416 e. The van der Waals surface area contributed by atoms with E-state index in [2.05, 4.69) is 0 Å². The molecule has 3 aromatic carbocycles. The Hall–Kier alpha value is -3.19. The molecule has 0 saturated carbocycles. The first-order chi connectivity index (χ1) is 15.2. The zero-order valence-electron chi connectivity index (χ0n) is 17.1. The van der Waals surface area contributed by atoms with E-state index >= 15 is 0 Å². The number of alkyl halides is 3. The lowest BCUT2D eigenvalue weighted by Gasteiger charge is -2.14. The first kappa shape index (κ1) is 23.5. The van der Waals surface area contributed by atoms with Crippen LogP contribution in [0, 0.1) is 0 Å². The summed E-state index contributed by atoms with van der Waals surface area (Å²) in [6.07, 6.45) is -4.65. The highest BCUT2D eigenvalue weighted by molar-refractivity contribution is 6.30. The zero-order valence-corrected chi connectivity index (χ0v) is 17.8. The van der Waals surface area contributed by atoms with Gasteiger partial charge < -0.3 is 14.2 Å². The molecule has 0 spiro atoms. The van der Waals surface area contributed by atoms with E-state index in [9.17, 15) is 18.0 Å². The third-order valence-corrected chi connectivity index (χ3v) is 4.69. The first-order valence-electron chi connectivity index (χ1n) is 9.73. The van der Waals surface area contributed by atoms with Crippen LogP contribution in [0.3, 0.4) is 0 Å². The van der Waals surface area contributed by atoms with Crippen molar-refractivity contribution in [1.29, 1.82) is 0 Å². The van der Waals surface area contributed by atoms with Crippen LogP contribution in [0.25, 0.3) is 0 Å². The van der Waals surface area contributed by atoms with Gasteiger partial charge in [-0.3, -0.25) is 0 Å². The number of hydrogen-bond donors (Lipinski definition) is 0. The third kappa shape index (κ3) is 6.92. The van der Waals surface area contributed by atoms with Crippen LogP contribution in [0.1, 0.15) is 18.1 Å². The van der Waals surface area contributed by atoms with Crippen molar-refractivity contribution in [1.82, 2.24) is 0 Å². The Morgan fingerprint density at radius 3 is 1.97 bits per heavy atom. The van der Waals surface area contributed by atoms with Gasteiger partial charge in [-0.05, 0) is 73.2 Å². The lowest BCUT2D eigenvalue weighted by Crippen LogP contribution is -2.26. The van der Waals surface area contributed by atoms with Crippen molar-refractivity contribution in [3.05, 3.63) is 88.9 Å². The van der Waals surface area contributed by atoms with E-state index in [1.807, 2.05) is 12.1 Å².